The van der Waals surface area contributed by atoms with Crippen molar-refractivity contribution >= 4 is 17.6 Å². The zero-order valence-corrected chi connectivity index (χ0v) is 11.6. The second-order valence-corrected chi connectivity index (χ2v) is 4.45. The van der Waals surface area contributed by atoms with Gasteiger partial charge in [-0.2, -0.15) is 0 Å². The fraction of sp³-hybridized carbons (Fsp3) is 0.429. The fourth-order valence-electron chi connectivity index (χ4n) is 1.63. The van der Waals surface area contributed by atoms with Gasteiger partial charge in [0.15, 0.2) is 0 Å². The standard InChI is InChI=1S/C14H20N2O3/c1-4-19-13(17)9-16(10(2)3)14(18)11-5-7-12(15)8-6-11/h5-8,10H,4,9,15H2,1-3H3. The van der Waals surface area contributed by atoms with E-state index in [0.717, 1.165) is 0 Å². The molecule has 1 rings (SSSR count). The number of amides is 1. The molecule has 5 heteroatoms. The Morgan fingerprint density at radius 2 is 1.84 bits per heavy atom. The van der Waals surface area contributed by atoms with Crippen molar-refractivity contribution in [3.8, 4) is 0 Å². The molecule has 0 aliphatic heterocycles. The zero-order chi connectivity index (χ0) is 14.4. The maximum absolute atomic E-state index is 12.3. The Hall–Kier alpha value is -2.04. The molecule has 0 heterocycles. The van der Waals surface area contributed by atoms with E-state index in [0.29, 0.717) is 17.9 Å². The normalized spacial score (nSPS) is 10.3. The van der Waals surface area contributed by atoms with Crippen LogP contribution in [0.1, 0.15) is 31.1 Å². The smallest absolute Gasteiger partial charge is 0.325 e. The van der Waals surface area contributed by atoms with Crippen molar-refractivity contribution < 1.29 is 14.3 Å². The molecular formula is C14H20N2O3. The molecule has 19 heavy (non-hydrogen) atoms. The summed E-state index contributed by atoms with van der Waals surface area (Å²) >= 11 is 0. The van der Waals surface area contributed by atoms with Crippen LogP contribution >= 0.6 is 0 Å². The topological polar surface area (TPSA) is 72.6 Å². The van der Waals surface area contributed by atoms with Gasteiger partial charge >= 0.3 is 5.97 Å². The van der Waals surface area contributed by atoms with E-state index < -0.39 is 5.97 Å². The Balaban J connectivity index is 2.84. The van der Waals surface area contributed by atoms with Gasteiger partial charge in [-0.3, -0.25) is 9.59 Å². The molecule has 0 aromatic heterocycles. The highest BCUT2D eigenvalue weighted by atomic mass is 16.5. The lowest BCUT2D eigenvalue weighted by molar-refractivity contribution is -0.144. The molecule has 0 saturated carbocycles. The van der Waals surface area contributed by atoms with Crippen molar-refractivity contribution in [1.82, 2.24) is 4.90 Å². The van der Waals surface area contributed by atoms with Gasteiger partial charge in [0.05, 0.1) is 6.61 Å². The third kappa shape index (κ3) is 4.28. The van der Waals surface area contributed by atoms with Gasteiger partial charge in [-0.25, -0.2) is 0 Å². The monoisotopic (exact) mass is 264 g/mol. The molecule has 104 valence electrons. The lowest BCUT2D eigenvalue weighted by Gasteiger charge is -2.25. The number of ether oxygens (including phenoxy) is 1. The fourth-order valence-corrected chi connectivity index (χ4v) is 1.63. The van der Waals surface area contributed by atoms with Crippen molar-refractivity contribution in [2.75, 3.05) is 18.9 Å². The molecule has 0 spiro atoms. The molecule has 0 atom stereocenters. The number of anilines is 1. The van der Waals surface area contributed by atoms with Crippen molar-refractivity contribution in [2.24, 2.45) is 0 Å². The number of hydrogen-bond acceptors (Lipinski definition) is 4. The van der Waals surface area contributed by atoms with Crippen molar-refractivity contribution in [2.45, 2.75) is 26.8 Å². The average molecular weight is 264 g/mol. The van der Waals surface area contributed by atoms with E-state index in [4.69, 9.17) is 10.5 Å². The van der Waals surface area contributed by atoms with Crippen LogP contribution in [0.4, 0.5) is 5.69 Å². The van der Waals surface area contributed by atoms with E-state index in [1.165, 1.54) is 4.90 Å². The molecule has 0 aliphatic rings. The van der Waals surface area contributed by atoms with Crippen molar-refractivity contribution in [3.05, 3.63) is 29.8 Å². The molecule has 2 N–H and O–H groups in total. The lowest BCUT2D eigenvalue weighted by atomic mass is 10.1. The molecule has 0 bridgehead atoms. The molecule has 0 radical (unpaired) electrons. The minimum absolute atomic E-state index is 0.0469. The summed E-state index contributed by atoms with van der Waals surface area (Å²) in [6.07, 6.45) is 0. The number of carbonyl (C=O) groups excluding carboxylic acids is 2. The predicted octanol–water partition coefficient (Wildman–Crippen LogP) is 1.68. The van der Waals surface area contributed by atoms with Crippen molar-refractivity contribution in [3.63, 3.8) is 0 Å². The summed E-state index contributed by atoms with van der Waals surface area (Å²) in [5, 5.41) is 0. The minimum Gasteiger partial charge on any atom is -0.465 e. The summed E-state index contributed by atoms with van der Waals surface area (Å²) in [6, 6.07) is 6.54. The first-order valence-corrected chi connectivity index (χ1v) is 6.27. The van der Waals surface area contributed by atoms with E-state index in [2.05, 4.69) is 0 Å². The third-order valence-corrected chi connectivity index (χ3v) is 2.65. The number of nitrogens with two attached hydrogens (primary N) is 1. The lowest BCUT2D eigenvalue weighted by Crippen LogP contribution is -2.41. The van der Waals surface area contributed by atoms with Crippen molar-refractivity contribution in [1.29, 1.82) is 0 Å². The highest BCUT2D eigenvalue weighted by Crippen LogP contribution is 2.11. The van der Waals surface area contributed by atoms with E-state index >= 15 is 0 Å². The maximum Gasteiger partial charge on any atom is 0.325 e. The van der Waals surface area contributed by atoms with Gasteiger partial charge in [-0.15, -0.1) is 0 Å². The summed E-state index contributed by atoms with van der Waals surface area (Å²) < 4.78 is 4.87. The first-order chi connectivity index (χ1) is 8.95. The number of nitrogen functional groups attached to an aromatic ring is 1. The average Bonchev–Trinajstić information content (AvgIpc) is 2.36. The second kappa shape index (κ2) is 6.78. The molecule has 0 unspecified atom stereocenters. The highest BCUT2D eigenvalue weighted by Gasteiger charge is 2.21. The number of carbonyl (C=O) groups is 2. The van der Waals surface area contributed by atoms with Crippen LogP contribution in [0.15, 0.2) is 24.3 Å². The van der Waals surface area contributed by atoms with E-state index in [1.807, 2.05) is 13.8 Å². The van der Waals surface area contributed by atoms with E-state index in [1.54, 1.807) is 31.2 Å². The van der Waals surface area contributed by atoms with Crippen LogP contribution in [-0.4, -0.2) is 36.0 Å². The molecular weight excluding hydrogens is 244 g/mol. The summed E-state index contributed by atoms with van der Waals surface area (Å²) in [5.41, 5.74) is 6.69. The van der Waals surface area contributed by atoms with Crippen LogP contribution in [0.25, 0.3) is 0 Å². The van der Waals surface area contributed by atoms with Gasteiger partial charge in [-0.1, -0.05) is 0 Å². The van der Waals surface area contributed by atoms with Gasteiger partial charge in [0.1, 0.15) is 6.54 Å². The van der Waals surface area contributed by atoms with Gasteiger partial charge < -0.3 is 15.4 Å². The zero-order valence-electron chi connectivity index (χ0n) is 11.6. The second-order valence-electron chi connectivity index (χ2n) is 4.45. The Morgan fingerprint density at radius 1 is 1.26 bits per heavy atom. The first kappa shape index (κ1) is 15.0. The largest absolute Gasteiger partial charge is 0.465 e. The SMILES string of the molecule is CCOC(=O)CN(C(=O)c1ccc(N)cc1)C(C)C. The predicted molar refractivity (Wildman–Crippen MR) is 73.7 cm³/mol. The van der Waals surface area contributed by atoms with Gasteiger partial charge in [0, 0.05) is 17.3 Å². The van der Waals surface area contributed by atoms with Crippen LogP contribution in [0.2, 0.25) is 0 Å². The quantitative estimate of drug-likeness (QED) is 0.648. The van der Waals surface area contributed by atoms with Crippen LogP contribution in [0.3, 0.4) is 0 Å². The van der Waals surface area contributed by atoms with E-state index in [-0.39, 0.29) is 18.5 Å². The molecule has 1 aromatic carbocycles. The molecule has 0 aliphatic carbocycles. The highest BCUT2D eigenvalue weighted by molar-refractivity contribution is 5.96. The van der Waals surface area contributed by atoms with Gasteiger partial charge in [0.2, 0.25) is 0 Å². The van der Waals surface area contributed by atoms with Gasteiger partial charge in [0.25, 0.3) is 5.91 Å². The first-order valence-electron chi connectivity index (χ1n) is 6.27. The Labute approximate surface area is 113 Å². The number of rotatable bonds is 5. The van der Waals surface area contributed by atoms with Gasteiger partial charge in [-0.05, 0) is 45.0 Å². The maximum atomic E-state index is 12.3. The van der Waals surface area contributed by atoms with Crippen LogP contribution in [0, 0.1) is 0 Å². The Kier molecular flexibility index (Phi) is 5.36. The van der Waals surface area contributed by atoms with Crippen LogP contribution in [-0.2, 0) is 9.53 Å². The summed E-state index contributed by atoms with van der Waals surface area (Å²) in [6.45, 7) is 5.71. The Bertz CT molecular complexity index is 441. The summed E-state index contributed by atoms with van der Waals surface area (Å²) in [7, 11) is 0. The molecule has 1 amide bonds. The minimum atomic E-state index is -0.403. The summed E-state index contributed by atoms with van der Waals surface area (Å²) in [4.78, 5) is 25.3. The van der Waals surface area contributed by atoms with Crippen LogP contribution in [0.5, 0.6) is 0 Å². The van der Waals surface area contributed by atoms with Crippen LogP contribution < -0.4 is 5.73 Å². The Morgan fingerprint density at radius 3 is 2.32 bits per heavy atom. The number of benzene rings is 1. The van der Waals surface area contributed by atoms with E-state index in [9.17, 15) is 9.59 Å². The molecule has 5 nitrogen and oxygen atoms in total. The third-order valence-electron chi connectivity index (χ3n) is 2.65. The number of hydrogen-bond donors (Lipinski definition) is 1. The summed E-state index contributed by atoms with van der Waals surface area (Å²) in [5.74, 6) is -0.608. The molecule has 1 aromatic rings. The number of nitrogens with zero attached hydrogens (tertiary/aromatic N) is 1. The number of esters is 1. The molecule has 0 fully saturated rings. The molecule has 0 saturated heterocycles.